The lowest BCUT2D eigenvalue weighted by Gasteiger charge is -2.35. The molecule has 31 heavy (non-hydrogen) atoms. The number of likely N-dealkylation sites (tertiary alicyclic amines) is 1. The monoisotopic (exact) mass is 430 g/mol. The summed E-state index contributed by atoms with van der Waals surface area (Å²) in [6.07, 6.45) is 9.22. The number of benzene rings is 1. The second-order valence-corrected chi connectivity index (χ2v) is 10.4. The number of amides is 1. The third-order valence-corrected chi connectivity index (χ3v) is 9.07. The van der Waals surface area contributed by atoms with Crippen molar-refractivity contribution in [2.24, 2.45) is 5.92 Å². The molecule has 0 bridgehead atoms. The molecule has 6 heteroatoms. The van der Waals surface area contributed by atoms with E-state index in [9.17, 15) is 4.79 Å². The van der Waals surface area contributed by atoms with Crippen molar-refractivity contribution in [2.75, 3.05) is 13.1 Å². The summed E-state index contributed by atoms with van der Waals surface area (Å²) < 4.78 is 2.23. The third-order valence-electron chi connectivity index (χ3n) is 8.29. The molecule has 3 fully saturated rings. The largest absolute Gasteiger partial charge is 0.337 e. The Hall–Kier alpha value is -2.44. The van der Waals surface area contributed by atoms with Gasteiger partial charge < -0.3 is 4.90 Å². The number of aromatic nitrogens is 2. The van der Waals surface area contributed by atoms with E-state index in [-0.39, 0.29) is 5.54 Å². The van der Waals surface area contributed by atoms with E-state index in [2.05, 4.69) is 61.9 Å². The van der Waals surface area contributed by atoms with E-state index in [0.29, 0.717) is 23.9 Å². The molecule has 0 unspecified atom stereocenters. The molecule has 5 heterocycles. The molecule has 3 saturated heterocycles. The highest BCUT2D eigenvalue weighted by atomic mass is 32.1. The van der Waals surface area contributed by atoms with Crippen LogP contribution in [0.1, 0.15) is 42.1 Å². The Morgan fingerprint density at radius 1 is 1.10 bits per heavy atom. The van der Waals surface area contributed by atoms with Gasteiger partial charge in [0.15, 0.2) is 5.13 Å². The Morgan fingerprint density at radius 2 is 1.94 bits per heavy atom. The van der Waals surface area contributed by atoms with Gasteiger partial charge in [-0.3, -0.25) is 14.3 Å². The average molecular weight is 431 g/mol. The van der Waals surface area contributed by atoms with Crippen LogP contribution in [-0.2, 0) is 17.6 Å². The van der Waals surface area contributed by atoms with E-state index in [1.165, 1.54) is 16.8 Å². The maximum absolute atomic E-state index is 14.0. The number of fused-ring (bicyclic) bond motifs is 1. The molecule has 158 valence electrons. The standard InChI is InChI=1S/C25H26N4OS/c30-23-25-8-4-11-29(25)22(21-7-3-10-27(21)24-26-9-12-31-24)15-19(25)16-28(23)20-13-17-5-1-2-6-18(17)14-20/h1-3,5-7,9-10,12,19-20,22H,4,8,11,13-16H2/t19-,22-,25-/m0/s1. The first-order valence-electron chi connectivity index (χ1n) is 11.5. The lowest BCUT2D eigenvalue weighted by atomic mass is 9.85. The zero-order valence-corrected chi connectivity index (χ0v) is 18.3. The summed E-state index contributed by atoms with van der Waals surface area (Å²) in [7, 11) is 0. The van der Waals surface area contributed by atoms with Gasteiger partial charge >= 0.3 is 0 Å². The first-order chi connectivity index (χ1) is 15.3. The molecule has 3 atom stereocenters. The van der Waals surface area contributed by atoms with Crippen molar-refractivity contribution in [3.8, 4) is 5.13 Å². The van der Waals surface area contributed by atoms with E-state index in [1.54, 1.807) is 11.3 Å². The smallest absolute Gasteiger partial charge is 0.243 e. The van der Waals surface area contributed by atoms with Crippen LogP contribution in [0.4, 0.5) is 0 Å². The molecule has 3 aliphatic heterocycles. The predicted octanol–water partition coefficient (Wildman–Crippen LogP) is 3.84. The SMILES string of the molecule is O=C1N(C2Cc3ccccc3C2)C[C@@H]2C[C@@H](c3cccn3-c3nccs3)N3CCC[C@@]123. The van der Waals surface area contributed by atoms with Gasteiger partial charge in [0.1, 0.15) is 5.54 Å². The summed E-state index contributed by atoms with van der Waals surface area (Å²) >= 11 is 1.67. The van der Waals surface area contributed by atoms with Crippen molar-refractivity contribution in [3.05, 3.63) is 71.0 Å². The zero-order chi connectivity index (χ0) is 20.6. The molecule has 2 aromatic heterocycles. The number of hydrogen-bond acceptors (Lipinski definition) is 4. The van der Waals surface area contributed by atoms with Crippen LogP contribution in [0.3, 0.4) is 0 Å². The van der Waals surface area contributed by atoms with Crippen LogP contribution in [0.2, 0.25) is 0 Å². The summed E-state index contributed by atoms with van der Waals surface area (Å²) in [6.45, 7) is 1.94. The predicted molar refractivity (Wildman–Crippen MR) is 120 cm³/mol. The topological polar surface area (TPSA) is 41.4 Å². The second kappa shape index (κ2) is 6.53. The van der Waals surface area contributed by atoms with Gasteiger partial charge in [-0.15, -0.1) is 11.3 Å². The fraction of sp³-hybridized carbons (Fsp3) is 0.440. The van der Waals surface area contributed by atoms with E-state index in [4.69, 9.17) is 0 Å². The molecule has 3 aromatic rings. The van der Waals surface area contributed by atoms with Crippen LogP contribution in [0, 0.1) is 5.92 Å². The fourth-order valence-electron chi connectivity index (χ4n) is 7.05. The maximum Gasteiger partial charge on any atom is 0.243 e. The quantitative estimate of drug-likeness (QED) is 0.634. The Bertz CT molecular complexity index is 1130. The molecule has 5 nitrogen and oxygen atoms in total. The normalized spacial score (nSPS) is 30.2. The maximum atomic E-state index is 14.0. The first-order valence-corrected chi connectivity index (χ1v) is 12.4. The summed E-state index contributed by atoms with van der Waals surface area (Å²) in [5.74, 6) is 0.832. The highest BCUT2D eigenvalue weighted by Crippen LogP contribution is 2.56. The number of thiazole rings is 1. The first kappa shape index (κ1) is 18.2. The zero-order valence-electron chi connectivity index (χ0n) is 17.5. The highest BCUT2D eigenvalue weighted by molar-refractivity contribution is 7.12. The summed E-state index contributed by atoms with van der Waals surface area (Å²) in [6, 6.07) is 13.7. The second-order valence-electron chi connectivity index (χ2n) is 9.58. The number of carbonyl (C=O) groups excluding carboxylic acids is 1. The number of rotatable bonds is 3. The lowest BCUT2D eigenvalue weighted by molar-refractivity contribution is -0.138. The van der Waals surface area contributed by atoms with Crippen molar-refractivity contribution < 1.29 is 4.79 Å². The van der Waals surface area contributed by atoms with Gasteiger partial charge in [-0.25, -0.2) is 4.98 Å². The molecule has 4 aliphatic rings. The molecule has 1 aliphatic carbocycles. The number of nitrogens with zero attached hydrogens (tertiary/aromatic N) is 4. The Kier molecular flexibility index (Phi) is 3.83. The van der Waals surface area contributed by atoms with Crippen molar-refractivity contribution in [3.63, 3.8) is 0 Å². The van der Waals surface area contributed by atoms with Crippen LogP contribution in [-0.4, -0.2) is 49.9 Å². The van der Waals surface area contributed by atoms with E-state index >= 15 is 0 Å². The van der Waals surface area contributed by atoms with Crippen molar-refractivity contribution >= 4 is 17.2 Å². The number of hydrogen-bond donors (Lipinski definition) is 0. The molecule has 1 aromatic carbocycles. The van der Waals surface area contributed by atoms with Gasteiger partial charge in [0.2, 0.25) is 5.91 Å². The molecular weight excluding hydrogens is 404 g/mol. The van der Waals surface area contributed by atoms with Gasteiger partial charge in [-0.2, -0.15) is 0 Å². The van der Waals surface area contributed by atoms with Crippen molar-refractivity contribution in [1.29, 1.82) is 0 Å². The minimum atomic E-state index is -0.280. The summed E-state index contributed by atoms with van der Waals surface area (Å²) in [4.78, 5) is 23.4. The molecule has 0 N–H and O–H groups in total. The third kappa shape index (κ3) is 2.40. The van der Waals surface area contributed by atoms with E-state index in [1.807, 2.05) is 11.6 Å². The molecular formula is C25H26N4OS. The molecule has 1 amide bonds. The van der Waals surface area contributed by atoms with Gasteiger partial charge in [-0.05, 0) is 61.9 Å². The van der Waals surface area contributed by atoms with Crippen LogP contribution < -0.4 is 0 Å². The number of carbonyl (C=O) groups is 1. The van der Waals surface area contributed by atoms with E-state index in [0.717, 1.165) is 50.3 Å². The van der Waals surface area contributed by atoms with E-state index < -0.39 is 0 Å². The van der Waals surface area contributed by atoms with Gasteiger partial charge in [0.25, 0.3) is 0 Å². The Labute approximate surface area is 186 Å². The highest BCUT2D eigenvalue weighted by Gasteiger charge is 2.66. The lowest BCUT2D eigenvalue weighted by Crippen LogP contribution is -2.51. The molecule has 1 spiro atoms. The Balaban J connectivity index is 1.20. The van der Waals surface area contributed by atoms with Crippen molar-refractivity contribution in [2.45, 2.75) is 49.7 Å². The molecule has 0 radical (unpaired) electrons. The molecule has 0 saturated carbocycles. The van der Waals surface area contributed by atoms with Crippen LogP contribution in [0.25, 0.3) is 5.13 Å². The average Bonchev–Trinajstić information content (AvgIpc) is 3.58. The molecule has 7 rings (SSSR count). The van der Waals surface area contributed by atoms with Gasteiger partial charge in [0.05, 0.1) is 6.04 Å². The van der Waals surface area contributed by atoms with Crippen LogP contribution in [0.15, 0.2) is 54.2 Å². The van der Waals surface area contributed by atoms with Gasteiger partial charge in [0, 0.05) is 42.0 Å². The minimum absolute atomic E-state index is 0.280. The van der Waals surface area contributed by atoms with Crippen LogP contribution >= 0.6 is 11.3 Å². The fourth-order valence-corrected chi connectivity index (χ4v) is 7.70. The van der Waals surface area contributed by atoms with Crippen molar-refractivity contribution in [1.82, 2.24) is 19.4 Å². The Morgan fingerprint density at radius 3 is 2.71 bits per heavy atom. The summed E-state index contributed by atoms with van der Waals surface area (Å²) in [5, 5.41) is 3.04. The van der Waals surface area contributed by atoms with Crippen LogP contribution in [0.5, 0.6) is 0 Å². The summed E-state index contributed by atoms with van der Waals surface area (Å²) in [5.41, 5.74) is 3.87. The van der Waals surface area contributed by atoms with Gasteiger partial charge in [-0.1, -0.05) is 24.3 Å². The minimum Gasteiger partial charge on any atom is -0.337 e.